The van der Waals surface area contributed by atoms with Gasteiger partial charge in [0.25, 0.3) is 0 Å². The molecule has 0 heterocycles. The van der Waals surface area contributed by atoms with Gasteiger partial charge in [0.05, 0.1) is 11.6 Å². The van der Waals surface area contributed by atoms with Gasteiger partial charge < -0.3 is 22.1 Å². The molecule has 0 radical (unpaired) electrons. The largest absolute Gasteiger partial charge is 0.368 e. The molecule has 3 atom stereocenters. The lowest BCUT2D eigenvalue weighted by molar-refractivity contribution is -0.124. The van der Waals surface area contributed by atoms with Crippen molar-refractivity contribution in [3.05, 3.63) is 0 Å². The average molecular weight is 242 g/mol. The molecule has 3 unspecified atom stereocenters. The molecule has 2 amide bonds. The number of rotatable bonds is 6. The molecule has 0 aromatic carbocycles. The number of amides is 2. The lowest BCUT2D eigenvalue weighted by Gasteiger charge is -2.25. The van der Waals surface area contributed by atoms with E-state index in [-0.39, 0.29) is 17.9 Å². The molecule has 98 valence electrons. The fourth-order valence-corrected chi connectivity index (χ4v) is 2.63. The number of carbonyl (C=O) groups excluding carboxylic acids is 2. The van der Waals surface area contributed by atoms with Crippen LogP contribution in [0.1, 0.15) is 25.7 Å². The van der Waals surface area contributed by atoms with Crippen LogP contribution in [0.3, 0.4) is 0 Å². The fourth-order valence-electron chi connectivity index (χ4n) is 2.63. The highest BCUT2D eigenvalue weighted by Crippen LogP contribution is 2.36. The van der Waals surface area contributed by atoms with Crippen LogP contribution in [0, 0.1) is 5.92 Å². The van der Waals surface area contributed by atoms with Crippen LogP contribution in [0.2, 0.25) is 0 Å². The molecule has 0 bridgehead atoms. The van der Waals surface area contributed by atoms with E-state index in [1.54, 1.807) is 14.1 Å². The summed E-state index contributed by atoms with van der Waals surface area (Å²) < 4.78 is 0. The second-order valence-electron chi connectivity index (χ2n) is 4.78. The predicted molar refractivity (Wildman–Crippen MR) is 65.0 cm³/mol. The normalized spacial score (nSPS) is 30.1. The van der Waals surface area contributed by atoms with Crippen LogP contribution >= 0.6 is 0 Å². The molecular formula is C11H22N4O2. The molecule has 17 heavy (non-hydrogen) atoms. The van der Waals surface area contributed by atoms with Gasteiger partial charge in [-0.15, -0.1) is 0 Å². The van der Waals surface area contributed by atoms with Crippen molar-refractivity contribution in [1.82, 2.24) is 10.6 Å². The van der Waals surface area contributed by atoms with E-state index in [2.05, 4.69) is 10.6 Å². The van der Waals surface area contributed by atoms with Crippen LogP contribution in [0.4, 0.5) is 0 Å². The summed E-state index contributed by atoms with van der Waals surface area (Å²) in [6.07, 6.45) is 2.93. The summed E-state index contributed by atoms with van der Waals surface area (Å²) in [5.74, 6) is -0.379. The van der Waals surface area contributed by atoms with E-state index in [9.17, 15) is 9.59 Å². The molecule has 6 N–H and O–H groups in total. The monoisotopic (exact) mass is 242 g/mol. The highest BCUT2D eigenvalue weighted by atomic mass is 16.2. The van der Waals surface area contributed by atoms with Crippen LogP contribution in [0.15, 0.2) is 0 Å². The van der Waals surface area contributed by atoms with E-state index >= 15 is 0 Å². The maximum absolute atomic E-state index is 11.4. The van der Waals surface area contributed by atoms with Crippen molar-refractivity contribution in [3.63, 3.8) is 0 Å². The van der Waals surface area contributed by atoms with Crippen molar-refractivity contribution in [2.45, 2.75) is 37.3 Å². The zero-order valence-electron chi connectivity index (χ0n) is 10.5. The zero-order chi connectivity index (χ0) is 13.1. The Hall–Kier alpha value is -1.14. The second-order valence-corrected chi connectivity index (χ2v) is 4.78. The maximum atomic E-state index is 11.4. The van der Waals surface area contributed by atoms with Gasteiger partial charge >= 0.3 is 0 Å². The van der Waals surface area contributed by atoms with Crippen molar-refractivity contribution >= 4 is 11.8 Å². The molecule has 1 saturated carbocycles. The number of carbonyl (C=O) groups is 2. The quantitative estimate of drug-likeness (QED) is 0.463. The summed E-state index contributed by atoms with van der Waals surface area (Å²) >= 11 is 0. The number of primary amides is 2. The van der Waals surface area contributed by atoms with Crippen molar-refractivity contribution in [2.24, 2.45) is 17.4 Å². The first-order valence-corrected chi connectivity index (χ1v) is 5.90. The smallest absolute Gasteiger partial charge is 0.237 e. The predicted octanol–water partition coefficient (Wildman–Crippen LogP) is -1.31. The molecule has 1 aliphatic rings. The van der Waals surface area contributed by atoms with E-state index in [4.69, 9.17) is 11.5 Å². The van der Waals surface area contributed by atoms with E-state index < -0.39 is 5.54 Å². The molecule has 0 aliphatic heterocycles. The van der Waals surface area contributed by atoms with Gasteiger partial charge in [0.1, 0.15) is 0 Å². The Balaban J connectivity index is 2.61. The van der Waals surface area contributed by atoms with Gasteiger partial charge in [0.15, 0.2) is 0 Å². The molecule has 1 aliphatic carbocycles. The highest BCUT2D eigenvalue weighted by molar-refractivity contribution is 5.85. The molecule has 0 aromatic rings. The Morgan fingerprint density at radius 2 is 2.06 bits per heavy atom. The maximum Gasteiger partial charge on any atom is 0.237 e. The van der Waals surface area contributed by atoms with Crippen LogP contribution in [-0.4, -0.2) is 37.5 Å². The molecule has 0 spiro atoms. The van der Waals surface area contributed by atoms with Crippen molar-refractivity contribution < 1.29 is 9.59 Å². The Morgan fingerprint density at radius 3 is 2.41 bits per heavy atom. The number of nitrogens with two attached hydrogens (primary N) is 2. The van der Waals surface area contributed by atoms with Gasteiger partial charge in [-0.25, -0.2) is 0 Å². The summed E-state index contributed by atoms with van der Waals surface area (Å²) in [7, 11) is 3.46. The minimum absolute atomic E-state index is 0.292. The first-order valence-electron chi connectivity index (χ1n) is 5.90. The lowest BCUT2D eigenvalue weighted by atomic mass is 9.92. The zero-order valence-corrected chi connectivity index (χ0v) is 10.5. The van der Waals surface area contributed by atoms with Crippen LogP contribution < -0.4 is 22.1 Å². The van der Waals surface area contributed by atoms with Crippen LogP contribution in [-0.2, 0) is 9.59 Å². The highest BCUT2D eigenvalue weighted by Gasteiger charge is 2.43. The molecular weight excluding hydrogens is 220 g/mol. The van der Waals surface area contributed by atoms with Crippen molar-refractivity contribution in [3.8, 4) is 0 Å². The number of nitrogens with one attached hydrogen (secondary N) is 2. The lowest BCUT2D eigenvalue weighted by Crippen LogP contribution is -2.52. The number of hydrogen-bond acceptors (Lipinski definition) is 4. The summed E-state index contributed by atoms with van der Waals surface area (Å²) in [5, 5.41) is 5.91. The first kappa shape index (κ1) is 13.9. The Labute approximate surface area is 101 Å². The molecule has 1 fully saturated rings. The minimum Gasteiger partial charge on any atom is -0.368 e. The third-order valence-corrected chi connectivity index (χ3v) is 3.83. The topological polar surface area (TPSA) is 110 Å². The second kappa shape index (κ2) is 5.46. The average Bonchev–Trinajstić information content (AvgIpc) is 2.70. The number of likely N-dealkylation sites (N-methyl/N-ethyl adjacent to an activating group) is 2. The van der Waals surface area contributed by atoms with Gasteiger partial charge in [-0.2, -0.15) is 0 Å². The minimum atomic E-state index is -0.611. The standard InChI is InChI=1S/C11H22N4O2/c1-14-8(9(12)16)5-7-3-4-11(6-7,15-2)10(13)17/h7-8,14-15H,3-6H2,1-2H3,(H2,12,16)(H2,13,17). The first-order chi connectivity index (χ1) is 7.95. The summed E-state index contributed by atoms with van der Waals surface area (Å²) in [6.45, 7) is 0. The molecule has 6 nitrogen and oxygen atoms in total. The Morgan fingerprint density at radius 1 is 1.41 bits per heavy atom. The molecule has 1 rings (SSSR count). The van der Waals surface area contributed by atoms with E-state index in [0.29, 0.717) is 18.8 Å². The molecule has 0 saturated heterocycles. The van der Waals surface area contributed by atoms with Gasteiger partial charge in [0, 0.05) is 0 Å². The van der Waals surface area contributed by atoms with Crippen LogP contribution in [0.5, 0.6) is 0 Å². The molecule has 0 aromatic heterocycles. The van der Waals surface area contributed by atoms with Gasteiger partial charge in [-0.1, -0.05) is 0 Å². The summed E-state index contributed by atoms with van der Waals surface area (Å²) in [4.78, 5) is 22.6. The van der Waals surface area contributed by atoms with Gasteiger partial charge in [0.2, 0.25) is 11.8 Å². The van der Waals surface area contributed by atoms with Crippen LogP contribution in [0.25, 0.3) is 0 Å². The van der Waals surface area contributed by atoms with Crippen molar-refractivity contribution in [1.29, 1.82) is 0 Å². The van der Waals surface area contributed by atoms with Gasteiger partial charge in [-0.3, -0.25) is 9.59 Å². The summed E-state index contributed by atoms with van der Waals surface area (Å²) in [6, 6.07) is -0.333. The van der Waals surface area contributed by atoms with E-state index in [1.807, 2.05) is 0 Å². The Bertz CT molecular complexity index is 308. The molecule has 6 heteroatoms. The van der Waals surface area contributed by atoms with E-state index in [0.717, 1.165) is 12.8 Å². The fraction of sp³-hybridized carbons (Fsp3) is 0.818. The Kier molecular flexibility index (Phi) is 4.47. The van der Waals surface area contributed by atoms with Crippen molar-refractivity contribution in [2.75, 3.05) is 14.1 Å². The number of hydrogen-bond donors (Lipinski definition) is 4. The third kappa shape index (κ3) is 2.95. The summed E-state index contributed by atoms with van der Waals surface area (Å²) in [5.41, 5.74) is 10.1. The van der Waals surface area contributed by atoms with E-state index in [1.165, 1.54) is 0 Å². The SMILES string of the molecule is CNC(CC1CCC(NC)(C(N)=O)C1)C(N)=O. The third-order valence-electron chi connectivity index (χ3n) is 3.83. The van der Waals surface area contributed by atoms with Gasteiger partial charge in [-0.05, 0) is 45.7 Å².